The number of benzene rings is 2. The highest BCUT2D eigenvalue weighted by Crippen LogP contribution is 2.20. The number of carboxylic acids is 1. The number of aromatic carboxylic acids is 1. The largest absolute Gasteiger partial charge is 0.478 e. The van der Waals surface area contributed by atoms with Crippen LogP contribution in [0.2, 0.25) is 0 Å². The highest BCUT2D eigenvalue weighted by molar-refractivity contribution is 5.87. The smallest absolute Gasteiger partial charge is 0.335 e. The van der Waals surface area contributed by atoms with Crippen LogP contribution in [-0.2, 0) is 0 Å². The van der Waals surface area contributed by atoms with Crippen LogP contribution in [0, 0.1) is 0 Å². The molecule has 0 bridgehead atoms. The number of aromatic nitrogens is 4. The highest BCUT2D eigenvalue weighted by Gasteiger charge is 2.08. The summed E-state index contributed by atoms with van der Waals surface area (Å²) in [4.78, 5) is 19.9. The van der Waals surface area contributed by atoms with E-state index in [2.05, 4.69) is 15.1 Å². The van der Waals surface area contributed by atoms with Gasteiger partial charge in [0.05, 0.1) is 40.4 Å². The second-order valence-electron chi connectivity index (χ2n) is 5.27. The van der Waals surface area contributed by atoms with Gasteiger partial charge in [0.2, 0.25) is 0 Å². The van der Waals surface area contributed by atoms with Crippen molar-refractivity contribution in [3.05, 3.63) is 72.7 Å². The third kappa shape index (κ3) is 2.50. The van der Waals surface area contributed by atoms with Crippen LogP contribution in [0.25, 0.3) is 28.0 Å². The molecule has 6 heteroatoms. The second-order valence-corrected chi connectivity index (χ2v) is 5.27. The summed E-state index contributed by atoms with van der Waals surface area (Å²) in [6.45, 7) is 0. The minimum absolute atomic E-state index is 0.242. The Kier molecular flexibility index (Phi) is 3.28. The first-order chi connectivity index (χ1) is 11.7. The lowest BCUT2D eigenvalue weighted by molar-refractivity contribution is 0.0697. The molecule has 4 aromatic rings. The lowest BCUT2D eigenvalue weighted by Gasteiger charge is -2.02. The van der Waals surface area contributed by atoms with Crippen LogP contribution in [0.1, 0.15) is 10.4 Å². The first-order valence-electron chi connectivity index (χ1n) is 7.31. The normalized spacial score (nSPS) is 10.8. The van der Waals surface area contributed by atoms with Gasteiger partial charge in [0.1, 0.15) is 0 Å². The van der Waals surface area contributed by atoms with E-state index in [1.807, 2.05) is 30.5 Å². The predicted molar refractivity (Wildman–Crippen MR) is 89.1 cm³/mol. The third-order valence-electron chi connectivity index (χ3n) is 3.71. The summed E-state index contributed by atoms with van der Waals surface area (Å²) in [5.74, 6) is -0.950. The number of nitrogens with zero attached hydrogens (tertiary/aromatic N) is 4. The lowest BCUT2D eigenvalue weighted by Crippen LogP contribution is -1.98. The number of carbonyl (C=O) groups is 1. The average molecular weight is 316 g/mol. The molecule has 0 saturated carbocycles. The van der Waals surface area contributed by atoms with Crippen LogP contribution in [0.15, 0.2) is 67.1 Å². The van der Waals surface area contributed by atoms with Gasteiger partial charge in [0.15, 0.2) is 0 Å². The van der Waals surface area contributed by atoms with E-state index in [4.69, 9.17) is 5.11 Å². The molecule has 24 heavy (non-hydrogen) atoms. The summed E-state index contributed by atoms with van der Waals surface area (Å²) in [6.07, 6.45) is 5.27. The molecular formula is C18H12N4O2. The molecule has 0 aliphatic carbocycles. The maximum atomic E-state index is 10.9. The van der Waals surface area contributed by atoms with Crippen molar-refractivity contribution in [2.75, 3.05) is 0 Å². The van der Waals surface area contributed by atoms with Gasteiger partial charge < -0.3 is 5.11 Å². The monoisotopic (exact) mass is 316 g/mol. The summed E-state index contributed by atoms with van der Waals surface area (Å²) in [5.41, 5.74) is 4.27. The fourth-order valence-electron chi connectivity index (χ4n) is 2.45. The van der Waals surface area contributed by atoms with Crippen molar-refractivity contribution in [1.29, 1.82) is 0 Å². The van der Waals surface area contributed by atoms with E-state index >= 15 is 0 Å². The van der Waals surface area contributed by atoms with Crippen molar-refractivity contribution < 1.29 is 9.90 Å². The molecule has 0 fully saturated rings. The second kappa shape index (κ2) is 5.58. The fraction of sp³-hybridized carbons (Fsp3) is 0. The summed E-state index contributed by atoms with van der Waals surface area (Å²) in [5, 5.41) is 13.3. The Labute approximate surface area is 137 Å². The minimum atomic E-state index is -0.950. The zero-order valence-corrected chi connectivity index (χ0v) is 12.5. The highest BCUT2D eigenvalue weighted by atomic mass is 16.4. The van der Waals surface area contributed by atoms with Crippen LogP contribution in [0.3, 0.4) is 0 Å². The topological polar surface area (TPSA) is 80.9 Å². The summed E-state index contributed by atoms with van der Waals surface area (Å²) in [7, 11) is 0. The third-order valence-corrected chi connectivity index (χ3v) is 3.71. The first-order valence-corrected chi connectivity index (χ1v) is 7.31. The molecule has 2 aromatic heterocycles. The van der Waals surface area contributed by atoms with Gasteiger partial charge in [-0.2, -0.15) is 5.10 Å². The maximum Gasteiger partial charge on any atom is 0.335 e. The zero-order chi connectivity index (χ0) is 16.5. The Bertz CT molecular complexity index is 1040. The van der Waals surface area contributed by atoms with Crippen LogP contribution in [-0.4, -0.2) is 30.8 Å². The minimum Gasteiger partial charge on any atom is -0.478 e. The Morgan fingerprint density at radius 1 is 0.958 bits per heavy atom. The van der Waals surface area contributed by atoms with Crippen molar-refractivity contribution in [3.8, 4) is 16.9 Å². The van der Waals surface area contributed by atoms with E-state index in [0.29, 0.717) is 0 Å². The number of carboxylic acid groups (broad SMARTS) is 1. The maximum absolute atomic E-state index is 10.9. The number of fused-ring (bicyclic) bond motifs is 1. The summed E-state index contributed by atoms with van der Waals surface area (Å²) in [6, 6.07) is 14.2. The molecule has 0 radical (unpaired) electrons. The van der Waals surface area contributed by atoms with Crippen molar-refractivity contribution in [2.24, 2.45) is 0 Å². The molecule has 2 heterocycles. The molecule has 116 valence electrons. The van der Waals surface area contributed by atoms with Gasteiger partial charge in [-0.3, -0.25) is 4.98 Å². The summed E-state index contributed by atoms with van der Waals surface area (Å²) >= 11 is 0. The van der Waals surface area contributed by atoms with Gasteiger partial charge in [0.25, 0.3) is 0 Å². The predicted octanol–water partition coefficient (Wildman–Crippen LogP) is 3.18. The zero-order valence-electron chi connectivity index (χ0n) is 12.5. The standard InChI is InChI=1S/C18H12N4O2/c23-18(24)12-5-7-14(8-6-12)22-11-13(9-20-22)17-10-19-15-3-1-2-4-16(15)21-17/h1-11H,(H,23,24). The molecule has 0 unspecified atom stereocenters. The first kappa shape index (κ1) is 14.1. The van der Waals surface area contributed by atoms with Crippen molar-refractivity contribution in [2.45, 2.75) is 0 Å². The van der Waals surface area contributed by atoms with E-state index in [1.165, 1.54) is 0 Å². The molecule has 0 atom stereocenters. The Balaban J connectivity index is 1.69. The molecule has 0 saturated heterocycles. The molecule has 0 aliphatic rings. The number of rotatable bonds is 3. The van der Waals surface area contributed by atoms with Gasteiger partial charge >= 0.3 is 5.97 Å². The van der Waals surface area contributed by atoms with Crippen molar-refractivity contribution in [3.63, 3.8) is 0 Å². The van der Waals surface area contributed by atoms with E-state index in [0.717, 1.165) is 28.0 Å². The quantitative estimate of drug-likeness (QED) is 0.628. The molecule has 0 spiro atoms. The van der Waals surface area contributed by atoms with E-state index < -0.39 is 5.97 Å². The molecule has 0 amide bonds. The van der Waals surface area contributed by atoms with E-state index in [-0.39, 0.29) is 5.56 Å². The molecule has 1 N–H and O–H groups in total. The SMILES string of the molecule is O=C(O)c1ccc(-n2cc(-c3cnc4ccccc4n3)cn2)cc1. The van der Waals surface area contributed by atoms with Gasteiger partial charge in [-0.1, -0.05) is 12.1 Å². The van der Waals surface area contributed by atoms with E-state index in [9.17, 15) is 4.79 Å². The Hall–Kier alpha value is -3.54. The van der Waals surface area contributed by atoms with Crippen LogP contribution >= 0.6 is 0 Å². The number of hydrogen-bond donors (Lipinski definition) is 1. The summed E-state index contributed by atoms with van der Waals surface area (Å²) < 4.78 is 1.68. The van der Waals surface area contributed by atoms with Crippen molar-refractivity contribution in [1.82, 2.24) is 19.7 Å². The fourth-order valence-corrected chi connectivity index (χ4v) is 2.45. The van der Waals surface area contributed by atoms with Gasteiger partial charge in [0, 0.05) is 11.8 Å². The molecule has 6 nitrogen and oxygen atoms in total. The van der Waals surface area contributed by atoms with E-state index in [1.54, 1.807) is 41.3 Å². The molecular weight excluding hydrogens is 304 g/mol. The molecule has 0 aliphatic heterocycles. The van der Waals surface area contributed by atoms with Gasteiger partial charge in [-0.25, -0.2) is 14.5 Å². The Morgan fingerprint density at radius 2 is 1.71 bits per heavy atom. The average Bonchev–Trinajstić information content (AvgIpc) is 3.11. The molecule has 4 rings (SSSR count). The van der Waals surface area contributed by atoms with Crippen LogP contribution < -0.4 is 0 Å². The number of hydrogen-bond acceptors (Lipinski definition) is 4. The van der Waals surface area contributed by atoms with Crippen LogP contribution in [0.5, 0.6) is 0 Å². The number of para-hydroxylation sites is 2. The Morgan fingerprint density at radius 3 is 2.46 bits per heavy atom. The van der Waals surface area contributed by atoms with Gasteiger partial charge in [-0.15, -0.1) is 0 Å². The lowest BCUT2D eigenvalue weighted by atomic mass is 10.2. The van der Waals surface area contributed by atoms with Gasteiger partial charge in [-0.05, 0) is 36.4 Å². The molecule has 2 aromatic carbocycles. The van der Waals surface area contributed by atoms with Crippen LogP contribution in [0.4, 0.5) is 0 Å². The van der Waals surface area contributed by atoms with Crippen molar-refractivity contribution >= 4 is 17.0 Å².